The van der Waals surface area contributed by atoms with E-state index in [9.17, 15) is 4.79 Å². The number of benzene rings is 1. The number of nitrogens with zero attached hydrogens (tertiary/aromatic N) is 1. The lowest BCUT2D eigenvalue weighted by molar-refractivity contribution is 0.0741. The van der Waals surface area contributed by atoms with Gasteiger partial charge in [0.2, 0.25) is 0 Å². The highest BCUT2D eigenvalue weighted by Crippen LogP contribution is 2.13. The number of carbonyl (C=O) groups is 1. The van der Waals surface area contributed by atoms with E-state index in [1.807, 2.05) is 30.0 Å². The van der Waals surface area contributed by atoms with E-state index in [-0.39, 0.29) is 12.5 Å². The van der Waals surface area contributed by atoms with Crippen LogP contribution < -0.4 is 0 Å². The number of aliphatic hydroxyl groups excluding tert-OH is 1. The number of hydrogen-bond acceptors (Lipinski definition) is 3. The molecule has 1 heterocycles. The Bertz CT molecular complexity index is 549. The van der Waals surface area contributed by atoms with Crippen molar-refractivity contribution in [2.75, 3.05) is 32.9 Å². The molecule has 0 atom stereocenters. The number of rotatable bonds is 2. The third-order valence-electron chi connectivity index (χ3n) is 3.30. The molecule has 21 heavy (non-hydrogen) atoms. The zero-order chi connectivity index (χ0) is 15.1. The maximum absolute atomic E-state index is 12.6. The van der Waals surface area contributed by atoms with Crippen molar-refractivity contribution in [3.05, 3.63) is 34.9 Å². The topological polar surface area (TPSA) is 49.8 Å². The van der Waals surface area contributed by atoms with Gasteiger partial charge in [0.1, 0.15) is 0 Å². The minimum Gasteiger partial charge on any atom is -0.395 e. The molecule has 0 aliphatic carbocycles. The fourth-order valence-electron chi connectivity index (χ4n) is 2.33. The van der Waals surface area contributed by atoms with Crippen LogP contribution in [0.3, 0.4) is 0 Å². The molecule has 0 saturated carbocycles. The Morgan fingerprint density at radius 2 is 2.19 bits per heavy atom. The van der Waals surface area contributed by atoms with Crippen molar-refractivity contribution in [1.82, 2.24) is 4.90 Å². The first-order valence-electron chi connectivity index (χ1n) is 7.29. The van der Waals surface area contributed by atoms with Crippen molar-refractivity contribution in [3.63, 3.8) is 0 Å². The van der Waals surface area contributed by atoms with Gasteiger partial charge in [0.05, 0.1) is 13.2 Å². The highest BCUT2D eigenvalue weighted by molar-refractivity contribution is 5.94. The first kappa shape index (κ1) is 15.6. The number of aliphatic hydroxyl groups is 1. The van der Waals surface area contributed by atoms with Crippen LogP contribution in [0.1, 0.15) is 34.3 Å². The lowest BCUT2D eigenvalue weighted by atomic mass is 10.1. The summed E-state index contributed by atoms with van der Waals surface area (Å²) in [6.07, 6.45) is 1.32. The van der Waals surface area contributed by atoms with Gasteiger partial charge in [-0.3, -0.25) is 4.79 Å². The molecule has 4 nitrogen and oxygen atoms in total. The molecule has 0 bridgehead atoms. The minimum atomic E-state index is 0.0365. The Balaban J connectivity index is 2.18. The van der Waals surface area contributed by atoms with Crippen molar-refractivity contribution >= 4 is 5.91 Å². The van der Waals surface area contributed by atoms with E-state index < -0.39 is 0 Å². The lowest BCUT2D eigenvalue weighted by Gasteiger charge is -2.20. The van der Waals surface area contributed by atoms with E-state index >= 15 is 0 Å². The smallest absolute Gasteiger partial charge is 0.253 e. The molecule has 0 unspecified atom stereocenters. The summed E-state index contributed by atoms with van der Waals surface area (Å²) >= 11 is 0. The molecule has 112 valence electrons. The number of hydrogen-bond donors (Lipinski definition) is 1. The van der Waals surface area contributed by atoms with Crippen molar-refractivity contribution < 1.29 is 14.6 Å². The van der Waals surface area contributed by atoms with Gasteiger partial charge in [0, 0.05) is 37.2 Å². The lowest BCUT2D eigenvalue weighted by Crippen LogP contribution is -2.33. The van der Waals surface area contributed by atoms with Crippen LogP contribution in [0.15, 0.2) is 18.2 Å². The van der Waals surface area contributed by atoms with Gasteiger partial charge in [-0.15, -0.1) is 0 Å². The van der Waals surface area contributed by atoms with Crippen LogP contribution in [-0.2, 0) is 4.74 Å². The first-order valence-corrected chi connectivity index (χ1v) is 7.29. The predicted octanol–water partition coefficient (Wildman–Crippen LogP) is 1.59. The average Bonchev–Trinajstić information content (AvgIpc) is 2.75. The van der Waals surface area contributed by atoms with Gasteiger partial charge in [0.25, 0.3) is 5.91 Å². The first-order chi connectivity index (χ1) is 10.2. The molecule has 1 aromatic carbocycles. The Labute approximate surface area is 125 Å². The van der Waals surface area contributed by atoms with E-state index in [1.165, 1.54) is 0 Å². The number of carbonyl (C=O) groups excluding carboxylic acids is 1. The highest BCUT2D eigenvalue weighted by Gasteiger charge is 2.17. The summed E-state index contributed by atoms with van der Waals surface area (Å²) in [4.78, 5) is 14.4. The molecule has 0 spiro atoms. The molecule has 0 radical (unpaired) electrons. The van der Waals surface area contributed by atoms with Gasteiger partial charge in [0.15, 0.2) is 0 Å². The number of ether oxygens (including phenoxy) is 1. The molecular formula is C17H21NO3. The second kappa shape index (κ2) is 7.82. The molecule has 1 amide bonds. The second-order valence-corrected chi connectivity index (χ2v) is 5.12. The second-order valence-electron chi connectivity index (χ2n) is 5.12. The van der Waals surface area contributed by atoms with Gasteiger partial charge >= 0.3 is 0 Å². The summed E-state index contributed by atoms with van der Waals surface area (Å²) < 4.78 is 5.38. The standard InChI is InChI=1S/C17H21NO3/c1-14-11-15(5-2-3-8-19)13-16(12-14)17(20)18-6-4-9-21-10-7-18/h11-13,19H,3-4,6-10H2,1H3. The van der Waals surface area contributed by atoms with Crippen LogP contribution in [0.4, 0.5) is 0 Å². The molecular weight excluding hydrogens is 266 g/mol. The van der Waals surface area contributed by atoms with Crippen LogP contribution in [-0.4, -0.2) is 48.8 Å². The van der Waals surface area contributed by atoms with Crippen molar-refractivity contribution in [1.29, 1.82) is 0 Å². The SMILES string of the molecule is Cc1cc(C#CCCO)cc(C(=O)N2CCCOCC2)c1. The zero-order valence-electron chi connectivity index (χ0n) is 12.4. The largest absolute Gasteiger partial charge is 0.395 e. The number of amides is 1. The maximum atomic E-state index is 12.6. The van der Waals surface area contributed by atoms with Crippen LogP contribution in [0.5, 0.6) is 0 Å². The molecule has 1 saturated heterocycles. The summed E-state index contributed by atoms with van der Waals surface area (Å²) in [5.41, 5.74) is 2.50. The average molecular weight is 287 g/mol. The molecule has 1 aliphatic rings. The third kappa shape index (κ3) is 4.59. The molecule has 1 aromatic rings. The Morgan fingerprint density at radius 1 is 1.33 bits per heavy atom. The molecule has 1 aliphatic heterocycles. The highest BCUT2D eigenvalue weighted by atomic mass is 16.5. The Kier molecular flexibility index (Phi) is 5.79. The fraction of sp³-hybridized carbons (Fsp3) is 0.471. The summed E-state index contributed by atoms with van der Waals surface area (Å²) in [5, 5.41) is 8.76. The van der Waals surface area contributed by atoms with Crippen molar-refractivity contribution in [2.24, 2.45) is 0 Å². The maximum Gasteiger partial charge on any atom is 0.253 e. The molecule has 1 N–H and O–H groups in total. The van der Waals surface area contributed by atoms with Crippen LogP contribution in [0, 0.1) is 18.8 Å². The van der Waals surface area contributed by atoms with E-state index in [1.54, 1.807) is 0 Å². The van der Waals surface area contributed by atoms with Crippen LogP contribution in [0.25, 0.3) is 0 Å². The Hall–Kier alpha value is -1.83. The Morgan fingerprint density at radius 3 is 3.00 bits per heavy atom. The molecule has 1 fully saturated rings. The predicted molar refractivity (Wildman–Crippen MR) is 81.1 cm³/mol. The van der Waals surface area contributed by atoms with Gasteiger partial charge in [-0.2, -0.15) is 0 Å². The third-order valence-corrected chi connectivity index (χ3v) is 3.30. The number of aryl methyl sites for hydroxylation is 1. The molecule has 4 heteroatoms. The summed E-state index contributed by atoms with van der Waals surface area (Å²) in [7, 11) is 0. The van der Waals surface area contributed by atoms with E-state index in [0.29, 0.717) is 25.1 Å². The normalized spacial score (nSPS) is 15.0. The summed E-state index contributed by atoms with van der Waals surface area (Å²) in [6.45, 7) is 4.70. The monoisotopic (exact) mass is 287 g/mol. The van der Waals surface area contributed by atoms with Gasteiger partial charge < -0.3 is 14.7 Å². The molecule has 2 rings (SSSR count). The summed E-state index contributed by atoms with van der Waals surface area (Å²) in [6, 6.07) is 5.67. The van der Waals surface area contributed by atoms with Crippen LogP contribution >= 0.6 is 0 Å². The van der Waals surface area contributed by atoms with Crippen LogP contribution in [0.2, 0.25) is 0 Å². The quantitative estimate of drug-likeness (QED) is 0.840. The van der Waals surface area contributed by atoms with Crippen molar-refractivity contribution in [3.8, 4) is 11.8 Å². The zero-order valence-corrected chi connectivity index (χ0v) is 12.4. The van der Waals surface area contributed by atoms with E-state index in [0.717, 1.165) is 30.7 Å². The van der Waals surface area contributed by atoms with Crippen molar-refractivity contribution in [2.45, 2.75) is 19.8 Å². The summed E-state index contributed by atoms with van der Waals surface area (Å²) in [5.74, 6) is 5.92. The van der Waals surface area contributed by atoms with Gasteiger partial charge in [-0.1, -0.05) is 11.8 Å². The molecule has 0 aromatic heterocycles. The minimum absolute atomic E-state index is 0.0365. The van der Waals surface area contributed by atoms with Gasteiger partial charge in [-0.25, -0.2) is 0 Å². The van der Waals surface area contributed by atoms with E-state index in [4.69, 9.17) is 9.84 Å². The van der Waals surface area contributed by atoms with E-state index in [2.05, 4.69) is 11.8 Å². The fourth-order valence-corrected chi connectivity index (χ4v) is 2.33. The van der Waals surface area contributed by atoms with Gasteiger partial charge in [-0.05, 0) is 37.1 Å².